The molecule has 0 bridgehead atoms. The summed E-state index contributed by atoms with van der Waals surface area (Å²) in [7, 11) is 2.16. The second-order valence-electron chi connectivity index (χ2n) is 4.60. The van der Waals surface area contributed by atoms with Gasteiger partial charge in [0, 0.05) is 33.1 Å². The van der Waals surface area contributed by atoms with Crippen molar-refractivity contribution >= 4 is 5.91 Å². The first-order chi connectivity index (χ1) is 7.63. The average molecular weight is 227 g/mol. The minimum Gasteiger partial charge on any atom is -0.340 e. The van der Waals surface area contributed by atoms with Gasteiger partial charge in [0.1, 0.15) is 0 Å². The van der Waals surface area contributed by atoms with Gasteiger partial charge < -0.3 is 9.80 Å². The van der Waals surface area contributed by atoms with Crippen LogP contribution in [-0.2, 0) is 4.79 Å². The number of piperazine rings is 1. The summed E-state index contributed by atoms with van der Waals surface area (Å²) in [6, 6.07) is 0. The van der Waals surface area contributed by atoms with Gasteiger partial charge in [0.15, 0.2) is 0 Å². The van der Waals surface area contributed by atoms with E-state index < -0.39 is 0 Å². The van der Waals surface area contributed by atoms with Gasteiger partial charge in [-0.3, -0.25) is 9.69 Å². The van der Waals surface area contributed by atoms with E-state index in [1.165, 1.54) is 13.0 Å². The monoisotopic (exact) mass is 227 g/mol. The van der Waals surface area contributed by atoms with E-state index in [0.717, 1.165) is 39.3 Å². The lowest BCUT2D eigenvalue weighted by molar-refractivity contribution is -0.130. The molecule has 0 atom stereocenters. The maximum absolute atomic E-state index is 11.1. The Bertz CT molecular complexity index is 212. The Kier molecular flexibility index (Phi) is 5.77. The Morgan fingerprint density at radius 3 is 2.38 bits per heavy atom. The number of nitrogens with zero attached hydrogens (tertiary/aromatic N) is 3. The van der Waals surface area contributed by atoms with Gasteiger partial charge in [-0.25, -0.2) is 0 Å². The predicted octanol–water partition coefficient (Wildman–Crippen LogP) is 0.492. The molecule has 0 spiro atoms. The highest BCUT2D eigenvalue weighted by atomic mass is 16.2. The third-order valence-electron chi connectivity index (χ3n) is 3.37. The number of hydrogen-bond acceptors (Lipinski definition) is 3. The molecule has 16 heavy (non-hydrogen) atoms. The van der Waals surface area contributed by atoms with E-state index in [4.69, 9.17) is 0 Å². The Morgan fingerprint density at radius 2 is 1.88 bits per heavy atom. The van der Waals surface area contributed by atoms with Crippen molar-refractivity contribution in [3.05, 3.63) is 0 Å². The van der Waals surface area contributed by atoms with Crippen LogP contribution in [-0.4, -0.2) is 73.5 Å². The largest absolute Gasteiger partial charge is 0.340 e. The van der Waals surface area contributed by atoms with Gasteiger partial charge >= 0.3 is 0 Å². The summed E-state index contributed by atoms with van der Waals surface area (Å²) < 4.78 is 0. The molecule has 1 rings (SSSR count). The first-order valence-electron chi connectivity index (χ1n) is 6.30. The van der Waals surface area contributed by atoms with Crippen molar-refractivity contribution < 1.29 is 4.79 Å². The number of rotatable bonds is 5. The normalized spacial score (nSPS) is 18.1. The minimum absolute atomic E-state index is 0.213. The van der Waals surface area contributed by atoms with Gasteiger partial charge in [-0.2, -0.15) is 0 Å². The van der Waals surface area contributed by atoms with Gasteiger partial charge in [-0.1, -0.05) is 6.92 Å². The fourth-order valence-electron chi connectivity index (χ4n) is 2.01. The minimum atomic E-state index is 0.213. The van der Waals surface area contributed by atoms with Crippen LogP contribution in [0.25, 0.3) is 0 Å². The fraction of sp³-hybridized carbons (Fsp3) is 0.917. The molecule has 1 aliphatic heterocycles. The Balaban J connectivity index is 2.10. The van der Waals surface area contributed by atoms with E-state index in [1.54, 1.807) is 6.92 Å². The molecule has 4 nitrogen and oxygen atoms in total. The van der Waals surface area contributed by atoms with Gasteiger partial charge in [-0.05, 0) is 33.1 Å². The smallest absolute Gasteiger partial charge is 0.219 e. The third-order valence-corrected chi connectivity index (χ3v) is 3.37. The lowest BCUT2D eigenvalue weighted by atomic mass is 10.3. The van der Waals surface area contributed by atoms with Gasteiger partial charge in [0.25, 0.3) is 0 Å². The molecular formula is C12H25N3O. The quantitative estimate of drug-likeness (QED) is 0.684. The van der Waals surface area contributed by atoms with Gasteiger partial charge in [0.2, 0.25) is 5.91 Å². The summed E-state index contributed by atoms with van der Waals surface area (Å²) >= 11 is 0. The molecule has 0 N–H and O–H groups in total. The number of carbonyl (C=O) groups is 1. The van der Waals surface area contributed by atoms with Crippen molar-refractivity contribution in [2.24, 2.45) is 0 Å². The Labute approximate surface area is 99.2 Å². The van der Waals surface area contributed by atoms with Crippen LogP contribution in [0, 0.1) is 0 Å². The van der Waals surface area contributed by atoms with Crippen molar-refractivity contribution in [2.45, 2.75) is 20.3 Å². The fourth-order valence-corrected chi connectivity index (χ4v) is 2.01. The summed E-state index contributed by atoms with van der Waals surface area (Å²) in [5.41, 5.74) is 0. The second-order valence-corrected chi connectivity index (χ2v) is 4.60. The molecule has 0 aromatic carbocycles. The summed E-state index contributed by atoms with van der Waals surface area (Å²) in [5, 5.41) is 0. The van der Waals surface area contributed by atoms with E-state index in [-0.39, 0.29) is 5.91 Å². The molecule has 1 saturated heterocycles. The van der Waals surface area contributed by atoms with Crippen molar-refractivity contribution in [3.63, 3.8) is 0 Å². The Morgan fingerprint density at radius 1 is 1.25 bits per heavy atom. The van der Waals surface area contributed by atoms with Gasteiger partial charge in [0.05, 0.1) is 0 Å². The van der Waals surface area contributed by atoms with E-state index in [2.05, 4.69) is 23.8 Å². The van der Waals surface area contributed by atoms with E-state index in [1.807, 2.05) is 4.90 Å². The zero-order chi connectivity index (χ0) is 12.0. The summed E-state index contributed by atoms with van der Waals surface area (Å²) in [4.78, 5) is 17.9. The number of hydrogen-bond donors (Lipinski definition) is 0. The molecule has 1 amide bonds. The molecule has 0 aliphatic carbocycles. The molecule has 0 aromatic heterocycles. The Hall–Kier alpha value is -0.610. The zero-order valence-electron chi connectivity index (χ0n) is 10.9. The third kappa shape index (κ3) is 4.49. The highest BCUT2D eigenvalue weighted by Crippen LogP contribution is 2.02. The molecule has 0 aromatic rings. The van der Waals surface area contributed by atoms with Crippen LogP contribution in [0.2, 0.25) is 0 Å². The number of amides is 1. The first kappa shape index (κ1) is 13.5. The molecular weight excluding hydrogens is 202 g/mol. The maximum atomic E-state index is 11.1. The molecule has 0 radical (unpaired) electrons. The number of carbonyl (C=O) groups excluding carboxylic acids is 1. The maximum Gasteiger partial charge on any atom is 0.219 e. The SMILES string of the molecule is CCN(C)CCCN1CCN(C(C)=O)CC1. The molecule has 0 unspecified atom stereocenters. The van der Waals surface area contributed by atoms with Crippen LogP contribution in [0.15, 0.2) is 0 Å². The highest BCUT2D eigenvalue weighted by molar-refractivity contribution is 5.73. The summed E-state index contributed by atoms with van der Waals surface area (Å²) in [5.74, 6) is 0.213. The standard InChI is InChI=1S/C12H25N3O/c1-4-13(3)6-5-7-14-8-10-15(11-9-14)12(2)16/h4-11H2,1-3H3. The van der Waals surface area contributed by atoms with E-state index in [9.17, 15) is 4.79 Å². The second kappa shape index (κ2) is 6.86. The van der Waals surface area contributed by atoms with Gasteiger partial charge in [-0.15, -0.1) is 0 Å². The molecule has 1 fully saturated rings. The van der Waals surface area contributed by atoms with E-state index >= 15 is 0 Å². The highest BCUT2D eigenvalue weighted by Gasteiger charge is 2.17. The zero-order valence-corrected chi connectivity index (χ0v) is 10.9. The molecule has 4 heteroatoms. The molecule has 1 aliphatic rings. The summed E-state index contributed by atoms with van der Waals surface area (Å²) in [6.07, 6.45) is 1.23. The lowest BCUT2D eigenvalue weighted by Gasteiger charge is -2.34. The molecule has 0 saturated carbocycles. The van der Waals surface area contributed by atoms with Crippen molar-refractivity contribution in [3.8, 4) is 0 Å². The van der Waals surface area contributed by atoms with Crippen LogP contribution < -0.4 is 0 Å². The lowest BCUT2D eigenvalue weighted by Crippen LogP contribution is -2.48. The van der Waals surface area contributed by atoms with Crippen molar-refractivity contribution in [2.75, 3.05) is 52.9 Å². The topological polar surface area (TPSA) is 26.8 Å². The molecule has 1 heterocycles. The van der Waals surface area contributed by atoms with Crippen LogP contribution in [0.3, 0.4) is 0 Å². The van der Waals surface area contributed by atoms with Crippen LogP contribution in [0.4, 0.5) is 0 Å². The van der Waals surface area contributed by atoms with E-state index in [0.29, 0.717) is 0 Å². The van der Waals surface area contributed by atoms with Crippen molar-refractivity contribution in [1.29, 1.82) is 0 Å². The first-order valence-corrected chi connectivity index (χ1v) is 6.30. The predicted molar refractivity (Wildman–Crippen MR) is 66.5 cm³/mol. The summed E-state index contributed by atoms with van der Waals surface area (Å²) in [6.45, 7) is 11.2. The van der Waals surface area contributed by atoms with Crippen molar-refractivity contribution in [1.82, 2.24) is 14.7 Å². The molecule has 94 valence electrons. The van der Waals surface area contributed by atoms with Crippen LogP contribution >= 0.6 is 0 Å². The van der Waals surface area contributed by atoms with Crippen LogP contribution in [0.1, 0.15) is 20.3 Å². The average Bonchev–Trinajstić information content (AvgIpc) is 2.29. The van der Waals surface area contributed by atoms with Crippen LogP contribution in [0.5, 0.6) is 0 Å².